The van der Waals surface area contributed by atoms with Crippen molar-refractivity contribution >= 4 is 23.3 Å². The summed E-state index contributed by atoms with van der Waals surface area (Å²) >= 11 is -0.971. The summed E-state index contributed by atoms with van der Waals surface area (Å²) in [5.74, 6) is 0.730. The third-order valence-electron chi connectivity index (χ3n) is 5.97. The maximum absolute atomic E-state index is 13.2. The molecule has 1 aliphatic heterocycles. The largest absolute Gasteiger partial charge is 0.612 e. The molecule has 1 heterocycles. The summed E-state index contributed by atoms with van der Waals surface area (Å²) in [5.41, 5.74) is 2.65. The topological polar surface area (TPSA) is 59.0 Å². The number of carbonyl (C=O) groups excluding carboxylic acids is 1. The van der Waals surface area contributed by atoms with E-state index in [0.717, 1.165) is 29.1 Å². The van der Waals surface area contributed by atoms with E-state index >= 15 is 0 Å². The standard InChI is InChI=1S/C24H41N3O2S/c1-10-14-30(29)23(9)17(3)15-18(4)24(28)27-13-12-26(21(7)22(27)8)20(6)16-19(5)25-11-2/h11,15-16,20-22H,10,12-14H2,1-9H3/b18-15+,19-16-,23-17+,25-11-/t20?,21-,22-,30?/m0/s1. The number of rotatable bonds is 8. The lowest BCUT2D eigenvalue weighted by molar-refractivity contribution is -0.133. The van der Waals surface area contributed by atoms with Crippen LogP contribution in [0, 0.1) is 0 Å². The van der Waals surface area contributed by atoms with Gasteiger partial charge >= 0.3 is 0 Å². The molecule has 1 rings (SSSR count). The Labute approximate surface area is 187 Å². The van der Waals surface area contributed by atoms with Crippen LogP contribution < -0.4 is 0 Å². The predicted octanol–water partition coefficient (Wildman–Crippen LogP) is 4.69. The molecule has 0 aromatic rings. The first-order valence-corrected chi connectivity index (χ1v) is 12.3. The average molecular weight is 436 g/mol. The highest BCUT2D eigenvalue weighted by atomic mass is 32.2. The van der Waals surface area contributed by atoms with Gasteiger partial charge in [-0.25, -0.2) is 0 Å². The number of hydrogen-bond acceptors (Lipinski definition) is 4. The fourth-order valence-electron chi connectivity index (χ4n) is 3.95. The normalized spacial score (nSPS) is 24.8. The first kappa shape index (κ1) is 26.7. The van der Waals surface area contributed by atoms with Crippen molar-refractivity contribution in [1.82, 2.24) is 9.80 Å². The zero-order valence-corrected chi connectivity index (χ0v) is 21.2. The van der Waals surface area contributed by atoms with Gasteiger partial charge in [0.15, 0.2) is 0 Å². The molecule has 0 spiro atoms. The van der Waals surface area contributed by atoms with Crippen molar-refractivity contribution in [1.29, 1.82) is 0 Å². The molecule has 1 fully saturated rings. The van der Waals surface area contributed by atoms with Gasteiger partial charge in [-0.3, -0.25) is 14.7 Å². The number of nitrogens with zero attached hydrogens (tertiary/aromatic N) is 3. The van der Waals surface area contributed by atoms with E-state index in [0.29, 0.717) is 17.9 Å². The van der Waals surface area contributed by atoms with Crippen LogP contribution in [0.15, 0.2) is 38.9 Å². The lowest BCUT2D eigenvalue weighted by Gasteiger charge is -2.47. The highest BCUT2D eigenvalue weighted by Gasteiger charge is 2.35. The number of carbonyl (C=O) groups is 1. The van der Waals surface area contributed by atoms with Crippen molar-refractivity contribution in [2.45, 2.75) is 86.9 Å². The van der Waals surface area contributed by atoms with Gasteiger partial charge in [-0.05, 0) is 83.8 Å². The van der Waals surface area contributed by atoms with Gasteiger partial charge in [-0.1, -0.05) is 6.92 Å². The van der Waals surface area contributed by atoms with Gasteiger partial charge in [0.2, 0.25) is 5.91 Å². The summed E-state index contributed by atoms with van der Waals surface area (Å²) in [6.07, 6.45) is 6.77. The summed E-state index contributed by atoms with van der Waals surface area (Å²) in [5, 5.41) is 0. The van der Waals surface area contributed by atoms with Gasteiger partial charge in [-0.15, -0.1) is 0 Å². The quantitative estimate of drug-likeness (QED) is 0.240. The molecule has 0 saturated carbocycles. The Balaban J connectivity index is 2.93. The minimum atomic E-state index is -0.971. The molecular weight excluding hydrogens is 394 g/mol. The van der Waals surface area contributed by atoms with Crippen molar-refractivity contribution < 1.29 is 9.35 Å². The number of allylic oxidation sites excluding steroid dienone is 4. The lowest BCUT2D eigenvalue weighted by atomic mass is 10.0. The minimum Gasteiger partial charge on any atom is -0.612 e. The molecule has 6 heteroatoms. The number of amides is 1. The lowest BCUT2D eigenvalue weighted by Crippen LogP contribution is -2.60. The molecule has 0 aromatic carbocycles. The van der Waals surface area contributed by atoms with Crippen LogP contribution in [0.3, 0.4) is 0 Å². The Bertz CT molecular complexity index is 711. The van der Waals surface area contributed by atoms with Gasteiger partial charge < -0.3 is 9.45 Å². The molecule has 1 saturated heterocycles. The fraction of sp³-hybridized carbons (Fsp3) is 0.667. The van der Waals surface area contributed by atoms with Crippen LogP contribution in [0.5, 0.6) is 0 Å². The van der Waals surface area contributed by atoms with E-state index in [1.54, 1.807) is 0 Å². The first-order valence-electron chi connectivity index (χ1n) is 11.0. The maximum Gasteiger partial charge on any atom is 0.249 e. The molecular formula is C24H41N3O2S. The van der Waals surface area contributed by atoms with Crippen molar-refractivity contribution in [3.63, 3.8) is 0 Å². The minimum absolute atomic E-state index is 0.0670. The number of aliphatic imine (C=N–C) groups is 1. The van der Waals surface area contributed by atoms with Gasteiger partial charge in [0.1, 0.15) is 10.7 Å². The third-order valence-corrected chi connectivity index (χ3v) is 7.75. The van der Waals surface area contributed by atoms with Crippen LogP contribution in [0.2, 0.25) is 0 Å². The van der Waals surface area contributed by atoms with Crippen LogP contribution in [0.4, 0.5) is 0 Å². The van der Waals surface area contributed by atoms with Crippen LogP contribution in [0.1, 0.15) is 68.7 Å². The molecule has 30 heavy (non-hydrogen) atoms. The van der Waals surface area contributed by atoms with Crippen LogP contribution in [0.25, 0.3) is 0 Å². The second-order valence-corrected chi connectivity index (χ2v) is 9.98. The van der Waals surface area contributed by atoms with Crippen molar-refractivity contribution in [2.75, 3.05) is 18.8 Å². The van der Waals surface area contributed by atoms with E-state index in [1.165, 1.54) is 0 Å². The summed E-state index contributed by atoms with van der Waals surface area (Å²) in [6, 6.07) is 0.622. The van der Waals surface area contributed by atoms with Crippen molar-refractivity contribution in [3.8, 4) is 0 Å². The van der Waals surface area contributed by atoms with Crippen LogP contribution in [-0.4, -0.2) is 63.4 Å². The zero-order chi connectivity index (χ0) is 23.0. The monoisotopic (exact) mass is 435 g/mol. The molecule has 1 aliphatic rings. The Kier molecular flexibility index (Phi) is 11.1. The molecule has 2 unspecified atom stereocenters. The fourth-order valence-corrected chi connectivity index (χ4v) is 5.05. The molecule has 0 radical (unpaired) electrons. The number of piperazine rings is 1. The molecule has 4 atom stereocenters. The Morgan fingerprint density at radius 1 is 1.20 bits per heavy atom. The van der Waals surface area contributed by atoms with E-state index in [-0.39, 0.29) is 24.0 Å². The third kappa shape index (κ3) is 7.10. The van der Waals surface area contributed by atoms with E-state index in [4.69, 9.17) is 0 Å². The SMILES string of the molecule is C/C=N\C(C)=C/C(C)N1CCN(C(=O)/C(C)=C/C(C)=C(\C)[S+]([O-])CCC)[C@@H](C)[C@@H]1C. The second kappa shape index (κ2) is 12.5. The zero-order valence-electron chi connectivity index (χ0n) is 20.4. The molecule has 5 nitrogen and oxygen atoms in total. The Morgan fingerprint density at radius 2 is 1.83 bits per heavy atom. The second-order valence-electron chi connectivity index (χ2n) is 8.27. The van der Waals surface area contributed by atoms with E-state index < -0.39 is 11.2 Å². The predicted molar refractivity (Wildman–Crippen MR) is 130 cm³/mol. The van der Waals surface area contributed by atoms with Crippen LogP contribution >= 0.6 is 0 Å². The Morgan fingerprint density at radius 3 is 2.40 bits per heavy atom. The molecule has 0 bridgehead atoms. The van der Waals surface area contributed by atoms with E-state index in [9.17, 15) is 9.35 Å². The summed E-state index contributed by atoms with van der Waals surface area (Å²) in [6.45, 7) is 19.7. The van der Waals surface area contributed by atoms with Gasteiger partial charge in [-0.2, -0.15) is 0 Å². The molecule has 170 valence electrons. The summed E-state index contributed by atoms with van der Waals surface area (Å²) in [7, 11) is 0. The average Bonchev–Trinajstić information content (AvgIpc) is 2.68. The van der Waals surface area contributed by atoms with Gasteiger partial charge in [0.25, 0.3) is 0 Å². The van der Waals surface area contributed by atoms with Gasteiger partial charge in [0.05, 0.1) is 0 Å². The highest BCUT2D eigenvalue weighted by molar-refractivity contribution is 7.95. The first-order chi connectivity index (χ1) is 14.0. The Hall–Kier alpha value is -1.37. The van der Waals surface area contributed by atoms with E-state index in [2.05, 4.69) is 36.7 Å². The molecule has 0 N–H and O–H groups in total. The molecule has 0 aliphatic carbocycles. The molecule has 0 aromatic heterocycles. The molecule has 1 amide bonds. The van der Waals surface area contributed by atoms with Crippen molar-refractivity contribution in [2.24, 2.45) is 4.99 Å². The van der Waals surface area contributed by atoms with E-state index in [1.807, 2.05) is 58.7 Å². The van der Waals surface area contributed by atoms with Gasteiger partial charge in [0, 0.05) is 55.6 Å². The smallest absolute Gasteiger partial charge is 0.249 e. The van der Waals surface area contributed by atoms with Crippen molar-refractivity contribution in [3.05, 3.63) is 33.9 Å². The van der Waals surface area contributed by atoms with Crippen LogP contribution in [-0.2, 0) is 16.0 Å². The maximum atomic E-state index is 13.2. The highest BCUT2D eigenvalue weighted by Crippen LogP contribution is 2.23. The number of hydrogen-bond donors (Lipinski definition) is 0. The summed E-state index contributed by atoms with van der Waals surface area (Å²) < 4.78 is 12.3. The summed E-state index contributed by atoms with van der Waals surface area (Å²) in [4.78, 5) is 22.8.